The molecule has 2 aromatic rings. The lowest BCUT2D eigenvalue weighted by atomic mass is 9.98. The average Bonchev–Trinajstić information content (AvgIpc) is 3.07. The van der Waals surface area contributed by atoms with Gasteiger partial charge in [0.05, 0.1) is 18.2 Å². The highest BCUT2D eigenvalue weighted by Crippen LogP contribution is 2.40. The second-order valence-corrected chi connectivity index (χ2v) is 6.33. The van der Waals surface area contributed by atoms with Crippen molar-refractivity contribution in [3.05, 3.63) is 62.8 Å². The Morgan fingerprint density at radius 2 is 1.86 bits per heavy atom. The number of hydrogen-bond acceptors (Lipinski definition) is 3. The zero-order valence-corrected chi connectivity index (χ0v) is 12.8. The Hall–Kier alpha value is -1.50. The van der Waals surface area contributed by atoms with Crippen LogP contribution in [0.15, 0.2) is 47.4 Å². The second kappa shape index (κ2) is 5.95. The fourth-order valence-electron chi connectivity index (χ4n) is 2.43. The number of benzene rings is 1. The van der Waals surface area contributed by atoms with Gasteiger partial charge in [-0.15, -0.1) is 11.3 Å². The summed E-state index contributed by atoms with van der Waals surface area (Å²) in [4.78, 5) is 0.843. The van der Waals surface area contributed by atoms with E-state index in [2.05, 4.69) is 10.9 Å². The fraction of sp³-hybridized carbons (Fsp3) is 0.200. The SMILES string of the molecule is FC(F)(F)CC1=C(c2ccc(Cl)cc2)NNC1c1cccs1. The Labute approximate surface area is 134 Å². The van der Waals surface area contributed by atoms with Crippen LogP contribution in [0.25, 0.3) is 5.70 Å². The second-order valence-electron chi connectivity index (χ2n) is 4.92. The highest BCUT2D eigenvalue weighted by Gasteiger charge is 2.37. The summed E-state index contributed by atoms with van der Waals surface area (Å²) < 4.78 is 38.9. The summed E-state index contributed by atoms with van der Waals surface area (Å²) in [7, 11) is 0. The van der Waals surface area contributed by atoms with E-state index in [-0.39, 0.29) is 5.57 Å². The van der Waals surface area contributed by atoms with Gasteiger partial charge < -0.3 is 5.43 Å². The predicted molar refractivity (Wildman–Crippen MR) is 82.4 cm³/mol. The summed E-state index contributed by atoms with van der Waals surface area (Å²) in [6.45, 7) is 0. The Kier molecular flexibility index (Phi) is 4.16. The van der Waals surface area contributed by atoms with E-state index in [1.165, 1.54) is 11.3 Å². The van der Waals surface area contributed by atoms with Crippen molar-refractivity contribution >= 4 is 28.6 Å². The molecule has 3 rings (SSSR count). The fourth-order valence-corrected chi connectivity index (χ4v) is 3.37. The smallest absolute Gasteiger partial charge is 0.320 e. The Bertz CT molecular complexity index is 678. The van der Waals surface area contributed by atoms with Crippen LogP contribution in [0.3, 0.4) is 0 Å². The van der Waals surface area contributed by atoms with Crippen molar-refractivity contribution in [3.8, 4) is 0 Å². The van der Waals surface area contributed by atoms with Crippen LogP contribution < -0.4 is 10.9 Å². The van der Waals surface area contributed by atoms with Crippen molar-refractivity contribution in [1.29, 1.82) is 0 Å². The van der Waals surface area contributed by atoms with Crippen LogP contribution in [-0.4, -0.2) is 6.18 Å². The van der Waals surface area contributed by atoms with Crippen LogP contribution in [-0.2, 0) is 0 Å². The minimum atomic E-state index is -4.27. The molecule has 0 fully saturated rings. The topological polar surface area (TPSA) is 24.1 Å². The van der Waals surface area contributed by atoms with E-state index >= 15 is 0 Å². The van der Waals surface area contributed by atoms with E-state index in [4.69, 9.17) is 11.6 Å². The van der Waals surface area contributed by atoms with E-state index in [1.54, 1.807) is 24.3 Å². The molecule has 2 heterocycles. The summed E-state index contributed by atoms with van der Waals surface area (Å²) in [5.74, 6) is 0. The van der Waals surface area contributed by atoms with Crippen molar-refractivity contribution in [2.24, 2.45) is 0 Å². The Balaban J connectivity index is 2.03. The van der Waals surface area contributed by atoms with Gasteiger partial charge in [0.15, 0.2) is 0 Å². The lowest BCUT2D eigenvalue weighted by molar-refractivity contribution is -0.127. The van der Waals surface area contributed by atoms with E-state index in [1.807, 2.05) is 17.5 Å². The van der Waals surface area contributed by atoms with Crippen molar-refractivity contribution in [2.75, 3.05) is 0 Å². The monoisotopic (exact) mass is 344 g/mol. The maximum atomic E-state index is 13.0. The average molecular weight is 345 g/mol. The van der Waals surface area contributed by atoms with Gasteiger partial charge in [0.2, 0.25) is 0 Å². The molecular formula is C15H12ClF3N2S. The number of hydrogen-bond donors (Lipinski definition) is 2. The molecule has 0 saturated carbocycles. The molecule has 0 radical (unpaired) electrons. The molecule has 0 saturated heterocycles. The molecule has 1 aliphatic rings. The van der Waals surface area contributed by atoms with Crippen LogP contribution in [0, 0.1) is 0 Å². The lowest BCUT2D eigenvalue weighted by Crippen LogP contribution is -2.26. The van der Waals surface area contributed by atoms with Crippen molar-refractivity contribution in [3.63, 3.8) is 0 Å². The van der Waals surface area contributed by atoms with Crippen LogP contribution in [0.1, 0.15) is 22.9 Å². The van der Waals surface area contributed by atoms with Gasteiger partial charge in [0.25, 0.3) is 0 Å². The third-order valence-electron chi connectivity index (χ3n) is 3.36. The first kappa shape index (κ1) is 15.4. The molecule has 7 heteroatoms. The van der Waals surface area contributed by atoms with Gasteiger partial charge in [0.1, 0.15) is 0 Å². The molecule has 116 valence electrons. The third kappa shape index (κ3) is 3.29. The number of nitrogens with one attached hydrogen (secondary N) is 2. The minimum absolute atomic E-state index is 0.289. The van der Waals surface area contributed by atoms with Crippen molar-refractivity contribution in [1.82, 2.24) is 10.9 Å². The highest BCUT2D eigenvalue weighted by molar-refractivity contribution is 7.10. The first-order valence-electron chi connectivity index (χ1n) is 6.55. The maximum Gasteiger partial charge on any atom is 0.392 e. The van der Waals surface area contributed by atoms with Crippen LogP contribution >= 0.6 is 22.9 Å². The van der Waals surface area contributed by atoms with Gasteiger partial charge in [-0.2, -0.15) is 13.2 Å². The molecule has 2 nitrogen and oxygen atoms in total. The van der Waals surface area contributed by atoms with Crippen LogP contribution in [0.5, 0.6) is 0 Å². The summed E-state index contributed by atoms with van der Waals surface area (Å²) in [5.41, 5.74) is 7.28. The normalized spacial score (nSPS) is 18.6. The van der Waals surface area contributed by atoms with Crippen molar-refractivity contribution in [2.45, 2.75) is 18.6 Å². The zero-order chi connectivity index (χ0) is 15.7. The van der Waals surface area contributed by atoms with Gasteiger partial charge in [-0.05, 0) is 34.7 Å². The molecule has 1 aromatic heterocycles. The van der Waals surface area contributed by atoms with Gasteiger partial charge in [0, 0.05) is 9.90 Å². The predicted octanol–water partition coefficient (Wildman–Crippen LogP) is 4.91. The number of thiophene rings is 1. The molecule has 0 amide bonds. The zero-order valence-electron chi connectivity index (χ0n) is 11.2. The number of rotatable bonds is 3. The van der Waals surface area contributed by atoms with Gasteiger partial charge in [-0.3, -0.25) is 0 Å². The number of hydrazine groups is 1. The number of alkyl halides is 3. The quantitative estimate of drug-likeness (QED) is 0.826. The standard InChI is InChI=1S/C15H12ClF3N2S/c16-10-5-3-9(4-6-10)13-11(8-15(17,18)19)14(21-20-13)12-2-1-7-22-12/h1-7,14,20-21H,8H2. The summed E-state index contributed by atoms with van der Waals surface area (Å²) in [5, 5.41) is 2.39. The molecule has 1 unspecified atom stereocenters. The first-order valence-corrected chi connectivity index (χ1v) is 7.80. The largest absolute Gasteiger partial charge is 0.392 e. The highest BCUT2D eigenvalue weighted by atomic mass is 35.5. The molecule has 0 bridgehead atoms. The molecule has 0 aliphatic carbocycles. The minimum Gasteiger partial charge on any atom is -0.320 e. The van der Waals surface area contributed by atoms with Crippen LogP contribution in [0.2, 0.25) is 5.02 Å². The maximum absolute atomic E-state index is 13.0. The molecule has 1 atom stereocenters. The Morgan fingerprint density at radius 3 is 2.45 bits per heavy atom. The molecule has 2 N–H and O–H groups in total. The van der Waals surface area contributed by atoms with Crippen molar-refractivity contribution < 1.29 is 13.2 Å². The molecule has 1 aromatic carbocycles. The summed E-state index contributed by atoms with van der Waals surface area (Å²) in [6, 6.07) is 9.91. The molecule has 0 spiro atoms. The summed E-state index contributed by atoms with van der Waals surface area (Å²) in [6.07, 6.45) is -5.23. The molecule has 22 heavy (non-hydrogen) atoms. The van der Waals surface area contributed by atoms with Gasteiger partial charge in [-0.25, -0.2) is 5.43 Å². The van der Waals surface area contributed by atoms with Gasteiger partial charge >= 0.3 is 6.18 Å². The summed E-state index contributed by atoms with van der Waals surface area (Å²) >= 11 is 7.27. The first-order chi connectivity index (χ1) is 10.4. The Morgan fingerprint density at radius 1 is 1.14 bits per heavy atom. The molecular weight excluding hydrogens is 333 g/mol. The van der Waals surface area contributed by atoms with E-state index in [0.717, 1.165) is 4.88 Å². The lowest BCUT2D eigenvalue weighted by Gasteiger charge is -2.15. The van der Waals surface area contributed by atoms with Crippen LogP contribution in [0.4, 0.5) is 13.2 Å². The van der Waals surface area contributed by atoms with E-state index in [0.29, 0.717) is 16.3 Å². The molecule has 1 aliphatic heterocycles. The van der Waals surface area contributed by atoms with E-state index < -0.39 is 18.6 Å². The third-order valence-corrected chi connectivity index (χ3v) is 4.55. The van der Waals surface area contributed by atoms with Gasteiger partial charge in [-0.1, -0.05) is 29.8 Å². The van der Waals surface area contributed by atoms with E-state index in [9.17, 15) is 13.2 Å². The number of halogens is 4.